The molecule has 0 bridgehead atoms. The van der Waals surface area contributed by atoms with Gasteiger partial charge in [0.25, 0.3) is 0 Å². The van der Waals surface area contributed by atoms with Crippen molar-refractivity contribution >= 4 is 23.6 Å². The maximum absolute atomic E-state index is 13.3. The van der Waals surface area contributed by atoms with Gasteiger partial charge in [0.15, 0.2) is 0 Å². The number of hydrogen-bond donors (Lipinski definition) is 1. The van der Waals surface area contributed by atoms with E-state index in [2.05, 4.69) is 36.5 Å². The van der Waals surface area contributed by atoms with Gasteiger partial charge in [-0.25, -0.2) is 0 Å². The van der Waals surface area contributed by atoms with Crippen molar-refractivity contribution in [3.05, 3.63) is 65.2 Å². The summed E-state index contributed by atoms with van der Waals surface area (Å²) >= 11 is 1.58. The molecule has 1 atom stereocenters. The molecule has 2 aromatic carbocycles. The number of hydrogen-bond acceptors (Lipinski definition) is 4. The number of carbonyl (C=O) groups excluding carboxylic acids is 2. The lowest BCUT2D eigenvalue weighted by atomic mass is 9.95. The van der Waals surface area contributed by atoms with E-state index >= 15 is 0 Å². The van der Waals surface area contributed by atoms with Gasteiger partial charge >= 0.3 is 0 Å². The quantitative estimate of drug-likeness (QED) is 0.527. The summed E-state index contributed by atoms with van der Waals surface area (Å²) in [6, 6.07) is 15.7. The lowest BCUT2D eigenvalue weighted by Crippen LogP contribution is -2.50. The van der Waals surface area contributed by atoms with E-state index in [9.17, 15) is 9.59 Å². The molecule has 5 nitrogen and oxygen atoms in total. The Balaban J connectivity index is 1.66. The van der Waals surface area contributed by atoms with E-state index in [1.54, 1.807) is 23.8 Å². The number of thioether (sulfide) groups is 1. The SMILES string of the molecule is COc1cccc(CN(C(=O)CSCc2ccc(C)cc2)C(C)C(=O)NC2CCCCC2)c1. The number of amides is 2. The van der Waals surface area contributed by atoms with Crippen LogP contribution in [-0.2, 0) is 21.9 Å². The van der Waals surface area contributed by atoms with Gasteiger partial charge in [-0.15, -0.1) is 11.8 Å². The third-order valence-electron chi connectivity index (χ3n) is 6.22. The Morgan fingerprint density at radius 1 is 1.09 bits per heavy atom. The predicted molar refractivity (Wildman–Crippen MR) is 135 cm³/mol. The average molecular weight is 469 g/mol. The number of carbonyl (C=O) groups is 2. The number of nitrogens with zero attached hydrogens (tertiary/aromatic N) is 1. The van der Waals surface area contributed by atoms with Crippen molar-refractivity contribution in [3.8, 4) is 5.75 Å². The van der Waals surface area contributed by atoms with Gasteiger partial charge < -0.3 is 15.0 Å². The Morgan fingerprint density at radius 3 is 2.52 bits per heavy atom. The van der Waals surface area contributed by atoms with E-state index in [1.807, 2.05) is 31.2 Å². The first-order valence-electron chi connectivity index (χ1n) is 11.8. The highest BCUT2D eigenvalue weighted by atomic mass is 32.2. The maximum atomic E-state index is 13.3. The van der Waals surface area contributed by atoms with Crippen molar-refractivity contribution in [1.82, 2.24) is 10.2 Å². The molecule has 2 aromatic rings. The molecule has 3 rings (SSSR count). The van der Waals surface area contributed by atoms with Crippen molar-refractivity contribution in [1.29, 1.82) is 0 Å². The minimum Gasteiger partial charge on any atom is -0.497 e. The summed E-state index contributed by atoms with van der Waals surface area (Å²) < 4.78 is 5.34. The minimum atomic E-state index is -0.536. The summed E-state index contributed by atoms with van der Waals surface area (Å²) in [5, 5.41) is 3.19. The number of ether oxygens (including phenoxy) is 1. The lowest BCUT2D eigenvalue weighted by Gasteiger charge is -2.31. The number of aryl methyl sites for hydroxylation is 1. The van der Waals surface area contributed by atoms with E-state index in [4.69, 9.17) is 4.74 Å². The van der Waals surface area contributed by atoms with Gasteiger partial charge in [0.1, 0.15) is 11.8 Å². The Hall–Kier alpha value is -2.47. The van der Waals surface area contributed by atoms with Crippen LogP contribution in [0.1, 0.15) is 55.7 Å². The van der Waals surface area contributed by atoms with Gasteiger partial charge in [-0.1, -0.05) is 61.2 Å². The number of nitrogens with one attached hydrogen (secondary N) is 1. The molecule has 0 radical (unpaired) electrons. The second-order valence-corrected chi connectivity index (χ2v) is 9.86. The summed E-state index contributed by atoms with van der Waals surface area (Å²) in [7, 11) is 1.63. The monoisotopic (exact) mass is 468 g/mol. The van der Waals surface area contributed by atoms with E-state index < -0.39 is 6.04 Å². The van der Waals surface area contributed by atoms with Crippen LogP contribution < -0.4 is 10.1 Å². The van der Waals surface area contributed by atoms with Gasteiger partial charge in [0.2, 0.25) is 11.8 Å². The molecule has 1 aliphatic rings. The summed E-state index contributed by atoms with van der Waals surface area (Å²) in [5.41, 5.74) is 3.37. The third kappa shape index (κ3) is 7.81. The first kappa shape index (κ1) is 25.2. The lowest BCUT2D eigenvalue weighted by molar-refractivity contribution is -0.139. The zero-order chi connectivity index (χ0) is 23.6. The zero-order valence-electron chi connectivity index (χ0n) is 20.0. The zero-order valence-corrected chi connectivity index (χ0v) is 20.8. The molecule has 2 amide bonds. The summed E-state index contributed by atoms with van der Waals surface area (Å²) in [4.78, 5) is 28.0. The number of methoxy groups -OCH3 is 1. The summed E-state index contributed by atoms with van der Waals surface area (Å²) in [6.07, 6.45) is 5.59. The van der Waals surface area contributed by atoms with Crippen molar-refractivity contribution < 1.29 is 14.3 Å². The Morgan fingerprint density at radius 2 is 1.82 bits per heavy atom. The first-order valence-corrected chi connectivity index (χ1v) is 13.0. The predicted octanol–water partition coefficient (Wildman–Crippen LogP) is 5.10. The average Bonchev–Trinajstić information content (AvgIpc) is 2.84. The molecular weight excluding hydrogens is 432 g/mol. The number of benzene rings is 2. The van der Waals surface area contributed by atoms with Crippen LogP contribution in [0.3, 0.4) is 0 Å². The molecule has 0 aromatic heterocycles. The van der Waals surface area contributed by atoms with Gasteiger partial charge in [0, 0.05) is 18.3 Å². The molecule has 1 unspecified atom stereocenters. The van der Waals surface area contributed by atoms with E-state index in [0.717, 1.165) is 42.7 Å². The van der Waals surface area contributed by atoms with E-state index in [1.165, 1.54) is 17.5 Å². The van der Waals surface area contributed by atoms with Crippen molar-refractivity contribution in [2.45, 2.75) is 70.3 Å². The van der Waals surface area contributed by atoms with Crippen molar-refractivity contribution in [2.24, 2.45) is 0 Å². The molecule has 1 saturated carbocycles. The largest absolute Gasteiger partial charge is 0.497 e. The molecule has 178 valence electrons. The van der Waals surface area contributed by atoms with Gasteiger partial charge in [-0.05, 0) is 49.9 Å². The van der Waals surface area contributed by atoms with Crippen LogP contribution in [-0.4, -0.2) is 41.7 Å². The molecule has 1 aliphatic carbocycles. The highest BCUT2D eigenvalue weighted by Crippen LogP contribution is 2.20. The molecular formula is C27H36N2O3S. The molecule has 1 fully saturated rings. The normalized spacial score (nSPS) is 15.0. The standard InChI is InChI=1S/C27H36N2O3S/c1-20-12-14-22(15-13-20)18-33-19-26(30)29(17-23-8-7-11-25(16-23)32-3)21(2)27(31)28-24-9-5-4-6-10-24/h7-8,11-16,21,24H,4-6,9-10,17-19H2,1-3H3,(H,28,31). The smallest absolute Gasteiger partial charge is 0.242 e. The highest BCUT2D eigenvalue weighted by Gasteiger charge is 2.28. The molecule has 0 spiro atoms. The third-order valence-corrected chi connectivity index (χ3v) is 7.21. The minimum absolute atomic E-state index is 0.0266. The van der Waals surface area contributed by atoms with Gasteiger partial charge in [-0.2, -0.15) is 0 Å². The van der Waals surface area contributed by atoms with E-state index in [-0.39, 0.29) is 17.9 Å². The van der Waals surface area contributed by atoms with Crippen molar-refractivity contribution in [2.75, 3.05) is 12.9 Å². The molecule has 1 N–H and O–H groups in total. The van der Waals surface area contributed by atoms with Crippen molar-refractivity contribution in [3.63, 3.8) is 0 Å². The van der Waals surface area contributed by atoms with Gasteiger partial charge in [0.05, 0.1) is 12.9 Å². The summed E-state index contributed by atoms with van der Waals surface area (Å²) in [6.45, 7) is 4.28. The second kappa shape index (κ2) is 12.7. The fourth-order valence-corrected chi connectivity index (χ4v) is 5.01. The van der Waals surface area contributed by atoms with E-state index in [0.29, 0.717) is 12.3 Å². The second-order valence-electron chi connectivity index (χ2n) is 8.87. The highest BCUT2D eigenvalue weighted by molar-refractivity contribution is 7.99. The van der Waals surface area contributed by atoms with Crippen LogP contribution >= 0.6 is 11.8 Å². The molecule has 0 aliphatic heterocycles. The molecule has 33 heavy (non-hydrogen) atoms. The number of rotatable bonds is 10. The van der Waals surface area contributed by atoms with Crippen LogP contribution in [0.4, 0.5) is 0 Å². The van der Waals surface area contributed by atoms with Gasteiger partial charge in [-0.3, -0.25) is 9.59 Å². The van der Waals surface area contributed by atoms with Crippen LogP contribution in [0, 0.1) is 6.92 Å². The molecule has 0 heterocycles. The molecule has 0 saturated heterocycles. The Kier molecular flexibility index (Phi) is 9.67. The molecule has 6 heteroatoms. The maximum Gasteiger partial charge on any atom is 0.242 e. The summed E-state index contributed by atoms with van der Waals surface area (Å²) in [5.74, 6) is 1.75. The van der Waals surface area contributed by atoms with Crippen LogP contribution in [0.15, 0.2) is 48.5 Å². The Bertz CT molecular complexity index is 910. The van der Waals surface area contributed by atoms with Crippen LogP contribution in [0.5, 0.6) is 5.75 Å². The fraction of sp³-hybridized carbons (Fsp3) is 0.481. The fourth-order valence-electron chi connectivity index (χ4n) is 4.14. The van der Waals surface area contributed by atoms with Crippen LogP contribution in [0.2, 0.25) is 0 Å². The van der Waals surface area contributed by atoms with Crippen LogP contribution in [0.25, 0.3) is 0 Å². The Labute approximate surface area is 202 Å². The topological polar surface area (TPSA) is 58.6 Å². The first-order chi connectivity index (χ1) is 16.0.